The molecule has 2 fully saturated rings. The van der Waals surface area contributed by atoms with E-state index in [1.165, 1.54) is 15.9 Å². The van der Waals surface area contributed by atoms with Gasteiger partial charge in [-0.3, -0.25) is 14.5 Å². The van der Waals surface area contributed by atoms with Crippen LogP contribution in [-0.2, 0) is 23.8 Å². The van der Waals surface area contributed by atoms with Gasteiger partial charge in [0.15, 0.2) is 0 Å². The molecule has 2 saturated heterocycles. The number of nitrogens with zero attached hydrogens (tertiary/aromatic N) is 2. The van der Waals surface area contributed by atoms with E-state index in [0.29, 0.717) is 6.42 Å². The van der Waals surface area contributed by atoms with Gasteiger partial charge in [-0.1, -0.05) is 104 Å². The normalized spacial score (nSPS) is 21.6. The average molecular weight is 615 g/mol. The monoisotopic (exact) mass is 614 g/mol. The van der Waals surface area contributed by atoms with E-state index < -0.39 is 34.9 Å². The average Bonchev–Trinajstić information content (AvgIpc) is 3.67. The van der Waals surface area contributed by atoms with Crippen LogP contribution in [0.4, 0.5) is 4.79 Å². The van der Waals surface area contributed by atoms with Crippen molar-refractivity contribution < 1.29 is 29.0 Å². The van der Waals surface area contributed by atoms with E-state index in [1.807, 2.05) is 54.6 Å². The lowest BCUT2D eigenvalue weighted by atomic mass is 9.84. The van der Waals surface area contributed by atoms with Crippen LogP contribution in [-0.4, -0.2) is 83.1 Å². The third-order valence-corrected chi connectivity index (χ3v) is 9.92. The Labute approximate surface area is 262 Å². The zero-order chi connectivity index (χ0) is 31.1. The molecule has 0 bridgehead atoms. The largest absolute Gasteiger partial charge is 0.466 e. The minimum absolute atomic E-state index is 0.00580. The Hall–Kier alpha value is -4.08. The maximum Gasteiger partial charge on any atom is 0.410 e. The number of carbonyl (C=O) groups is 3. The summed E-state index contributed by atoms with van der Waals surface area (Å²) in [6.45, 7) is 5.85. The summed E-state index contributed by atoms with van der Waals surface area (Å²) in [6, 6.07) is 30.0. The number of ether oxygens (including phenoxy) is 2. The van der Waals surface area contributed by atoms with Crippen LogP contribution in [0.3, 0.4) is 0 Å². The molecule has 3 aromatic carbocycles. The van der Waals surface area contributed by atoms with Gasteiger partial charge in [-0.05, 0) is 30.0 Å². The van der Waals surface area contributed by atoms with Crippen molar-refractivity contribution >= 4 is 29.7 Å². The van der Waals surface area contributed by atoms with Crippen LogP contribution in [0.25, 0.3) is 0 Å². The van der Waals surface area contributed by atoms with E-state index in [-0.39, 0.29) is 44.0 Å². The Morgan fingerprint density at radius 1 is 0.886 bits per heavy atom. The van der Waals surface area contributed by atoms with Gasteiger partial charge in [0.2, 0.25) is 5.91 Å². The highest BCUT2D eigenvalue weighted by atomic mass is 32.2. The Bertz CT molecular complexity index is 1340. The summed E-state index contributed by atoms with van der Waals surface area (Å²) in [5.41, 5.74) is 3.24. The van der Waals surface area contributed by atoms with E-state index in [1.54, 1.807) is 18.7 Å². The zero-order valence-electron chi connectivity index (χ0n) is 24.8. The second-order valence-electron chi connectivity index (χ2n) is 11.0. The molecule has 0 saturated carbocycles. The molecule has 0 aromatic heterocycles. The molecule has 0 aliphatic carbocycles. The molecular formula is C35H38N2O6S. The number of hydrogen-bond acceptors (Lipinski definition) is 7. The van der Waals surface area contributed by atoms with Gasteiger partial charge >= 0.3 is 12.1 Å². The molecule has 1 N–H and O–H groups in total. The van der Waals surface area contributed by atoms with E-state index in [2.05, 4.69) is 43.0 Å². The lowest BCUT2D eigenvalue weighted by Gasteiger charge is -2.37. The van der Waals surface area contributed by atoms with Crippen LogP contribution >= 0.6 is 11.8 Å². The standard InChI is InChI=1S/C35H38N2O6S/c1-3-20-43-34(41)37-22-28(21-30(37)32(39)36-23-29(31(38)24-36)33(40)42-4-2)44-35(25-14-8-5-9-15-25,26-16-10-6-11-17-26)27-18-12-7-13-19-27/h3,5-19,28-31,38H,1,4,20-24H2,2H3/t28-,29?,30-,31?/m0/s1. The first-order valence-corrected chi connectivity index (χ1v) is 15.8. The molecule has 8 nitrogen and oxygen atoms in total. The first kappa shape index (κ1) is 31.3. The topological polar surface area (TPSA) is 96.4 Å². The van der Waals surface area contributed by atoms with Crippen molar-refractivity contribution in [2.45, 2.75) is 35.5 Å². The number of likely N-dealkylation sites (tertiary alicyclic amines) is 2. The second-order valence-corrected chi connectivity index (χ2v) is 12.5. The molecular weight excluding hydrogens is 576 g/mol. The van der Waals surface area contributed by atoms with Crippen LogP contribution in [0.15, 0.2) is 104 Å². The molecule has 0 spiro atoms. The number of rotatable bonds is 10. The number of aliphatic hydroxyl groups is 1. The van der Waals surface area contributed by atoms with Gasteiger partial charge in [-0.25, -0.2) is 4.79 Å². The maximum absolute atomic E-state index is 14.0. The highest BCUT2D eigenvalue weighted by Gasteiger charge is 2.49. The van der Waals surface area contributed by atoms with Crippen molar-refractivity contribution in [2.24, 2.45) is 5.92 Å². The summed E-state index contributed by atoms with van der Waals surface area (Å²) in [6.07, 6.45) is 0.228. The predicted octanol–water partition coefficient (Wildman–Crippen LogP) is 4.86. The Balaban J connectivity index is 1.50. The molecule has 9 heteroatoms. The molecule has 2 amide bonds. The number of carbonyl (C=O) groups excluding carboxylic acids is 3. The van der Waals surface area contributed by atoms with Gasteiger partial charge in [0, 0.05) is 24.9 Å². The number of hydrogen-bond donors (Lipinski definition) is 1. The number of amides is 2. The van der Waals surface area contributed by atoms with Gasteiger partial charge < -0.3 is 19.5 Å². The van der Waals surface area contributed by atoms with Crippen molar-refractivity contribution in [3.05, 3.63) is 120 Å². The quantitative estimate of drug-likeness (QED) is 0.198. The van der Waals surface area contributed by atoms with E-state index in [0.717, 1.165) is 16.7 Å². The fourth-order valence-corrected chi connectivity index (χ4v) is 7.99. The molecule has 4 atom stereocenters. The number of β-amino-alcohol motifs (C(OH)–C–C–N with tert-alkyl or cyclic N) is 1. The summed E-state index contributed by atoms with van der Waals surface area (Å²) >= 11 is 1.72. The summed E-state index contributed by atoms with van der Waals surface area (Å²) in [5, 5.41) is 10.4. The first-order chi connectivity index (χ1) is 21.4. The number of benzene rings is 3. The smallest absolute Gasteiger partial charge is 0.410 e. The van der Waals surface area contributed by atoms with Crippen molar-refractivity contribution in [1.82, 2.24) is 9.80 Å². The van der Waals surface area contributed by atoms with Crippen molar-refractivity contribution in [1.29, 1.82) is 0 Å². The van der Waals surface area contributed by atoms with Gasteiger partial charge in [-0.2, -0.15) is 0 Å². The molecule has 2 unspecified atom stereocenters. The minimum atomic E-state index is -1.03. The molecule has 0 radical (unpaired) electrons. The highest BCUT2D eigenvalue weighted by Crippen LogP contribution is 2.52. The lowest BCUT2D eigenvalue weighted by Crippen LogP contribution is -2.47. The third-order valence-electron chi connectivity index (χ3n) is 8.18. The van der Waals surface area contributed by atoms with Crippen LogP contribution in [0.5, 0.6) is 0 Å². The van der Waals surface area contributed by atoms with E-state index >= 15 is 0 Å². The first-order valence-electron chi connectivity index (χ1n) is 14.9. The molecule has 3 aromatic rings. The van der Waals surface area contributed by atoms with Crippen LogP contribution in [0.2, 0.25) is 0 Å². The third kappa shape index (κ3) is 6.39. The summed E-state index contributed by atoms with van der Waals surface area (Å²) in [7, 11) is 0. The molecule has 44 heavy (non-hydrogen) atoms. The van der Waals surface area contributed by atoms with Crippen molar-refractivity contribution in [2.75, 3.05) is 32.8 Å². The second kappa shape index (κ2) is 14.1. The van der Waals surface area contributed by atoms with Crippen LogP contribution < -0.4 is 0 Å². The van der Waals surface area contributed by atoms with Gasteiger partial charge in [0.1, 0.15) is 18.6 Å². The lowest BCUT2D eigenvalue weighted by molar-refractivity contribution is -0.150. The summed E-state index contributed by atoms with van der Waals surface area (Å²) in [4.78, 5) is 42.7. The van der Waals surface area contributed by atoms with Gasteiger partial charge in [0.25, 0.3) is 0 Å². The Kier molecular flexibility index (Phi) is 10.1. The van der Waals surface area contributed by atoms with E-state index in [4.69, 9.17) is 9.47 Å². The fourth-order valence-electron chi connectivity index (χ4n) is 6.16. The minimum Gasteiger partial charge on any atom is -0.466 e. The molecule has 2 aliphatic heterocycles. The molecule has 2 heterocycles. The molecule has 2 aliphatic rings. The Morgan fingerprint density at radius 2 is 1.43 bits per heavy atom. The Morgan fingerprint density at radius 3 is 1.93 bits per heavy atom. The summed E-state index contributed by atoms with van der Waals surface area (Å²) in [5.74, 6) is -1.68. The fraction of sp³-hybridized carbons (Fsp3) is 0.343. The molecule has 5 rings (SSSR count). The maximum atomic E-state index is 14.0. The van der Waals surface area contributed by atoms with E-state index in [9.17, 15) is 19.5 Å². The van der Waals surface area contributed by atoms with Crippen molar-refractivity contribution in [3.8, 4) is 0 Å². The van der Waals surface area contributed by atoms with Gasteiger partial charge in [0.05, 0.1) is 17.5 Å². The van der Waals surface area contributed by atoms with Crippen LogP contribution in [0.1, 0.15) is 30.0 Å². The number of thioether (sulfide) groups is 1. The highest BCUT2D eigenvalue weighted by molar-refractivity contribution is 8.01. The van der Waals surface area contributed by atoms with Crippen LogP contribution in [0, 0.1) is 5.92 Å². The van der Waals surface area contributed by atoms with Crippen molar-refractivity contribution in [3.63, 3.8) is 0 Å². The van der Waals surface area contributed by atoms with Gasteiger partial charge in [-0.15, -0.1) is 11.8 Å². The molecule has 230 valence electrons. The zero-order valence-corrected chi connectivity index (χ0v) is 25.6. The number of aliphatic hydroxyl groups excluding tert-OH is 1. The summed E-state index contributed by atoms with van der Waals surface area (Å²) < 4.78 is 9.91. The predicted molar refractivity (Wildman–Crippen MR) is 170 cm³/mol. The SMILES string of the molecule is C=CCOC(=O)N1C[C@@H](SC(c2ccccc2)(c2ccccc2)c2ccccc2)C[C@H]1C(=O)N1CC(O)C(C(=O)OCC)C1. The number of esters is 1.